The first-order valence-corrected chi connectivity index (χ1v) is 5.76. The largest absolute Gasteiger partial charge is 0.398 e. The molecule has 0 heterocycles. The number of benzene rings is 2. The van der Waals surface area contributed by atoms with Crippen molar-refractivity contribution in [1.29, 1.82) is 0 Å². The van der Waals surface area contributed by atoms with Crippen molar-refractivity contribution in [3.63, 3.8) is 0 Å². The molecule has 86 valence electrons. The maximum absolute atomic E-state index is 6.00. The van der Waals surface area contributed by atoms with Gasteiger partial charge in [-0.05, 0) is 37.1 Å². The highest BCUT2D eigenvalue weighted by Crippen LogP contribution is 2.24. The number of aryl methyl sites for hydroxylation is 1. The normalized spacial score (nSPS) is 11.5. The number of anilines is 1. The van der Waals surface area contributed by atoms with Crippen LogP contribution in [-0.2, 0) is 0 Å². The minimum atomic E-state index is 0.834. The van der Waals surface area contributed by atoms with Crippen molar-refractivity contribution < 1.29 is 0 Å². The first kappa shape index (κ1) is 11.5. The van der Waals surface area contributed by atoms with Gasteiger partial charge in [0.25, 0.3) is 0 Å². The van der Waals surface area contributed by atoms with E-state index in [4.69, 9.17) is 5.73 Å². The van der Waals surface area contributed by atoms with Crippen LogP contribution in [0, 0.1) is 6.92 Å². The SMILES string of the molecule is CC(=Cc1ccccc1)c1cc(C)ccc1N. The molecule has 2 aromatic rings. The fourth-order valence-corrected chi connectivity index (χ4v) is 1.89. The van der Waals surface area contributed by atoms with Crippen LogP contribution < -0.4 is 5.73 Å². The van der Waals surface area contributed by atoms with E-state index in [1.807, 2.05) is 30.3 Å². The molecular formula is C16H17N. The molecule has 0 aliphatic heterocycles. The summed E-state index contributed by atoms with van der Waals surface area (Å²) >= 11 is 0. The summed E-state index contributed by atoms with van der Waals surface area (Å²) in [4.78, 5) is 0. The van der Waals surface area contributed by atoms with Crippen LogP contribution >= 0.6 is 0 Å². The number of nitrogens with two attached hydrogens (primary N) is 1. The van der Waals surface area contributed by atoms with E-state index in [0.29, 0.717) is 0 Å². The number of rotatable bonds is 2. The molecule has 0 saturated carbocycles. The molecule has 2 rings (SSSR count). The summed E-state index contributed by atoms with van der Waals surface area (Å²) in [6.07, 6.45) is 2.16. The lowest BCUT2D eigenvalue weighted by Gasteiger charge is -2.07. The maximum Gasteiger partial charge on any atom is 0.0390 e. The second-order valence-electron chi connectivity index (χ2n) is 4.33. The van der Waals surface area contributed by atoms with Crippen molar-refractivity contribution in [3.8, 4) is 0 Å². The molecular weight excluding hydrogens is 206 g/mol. The van der Waals surface area contributed by atoms with Crippen molar-refractivity contribution in [3.05, 3.63) is 65.2 Å². The summed E-state index contributed by atoms with van der Waals surface area (Å²) in [5, 5.41) is 0. The summed E-state index contributed by atoms with van der Waals surface area (Å²) in [5.74, 6) is 0. The fourth-order valence-electron chi connectivity index (χ4n) is 1.89. The van der Waals surface area contributed by atoms with Gasteiger partial charge in [-0.1, -0.05) is 48.0 Å². The predicted molar refractivity (Wildman–Crippen MR) is 75.6 cm³/mol. The van der Waals surface area contributed by atoms with Crippen LogP contribution in [0.2, 0.25) is 0 Å². The van der Waals surface area contributed by atoms with Crippen LogP contribution in [0.1, 0.15) is 23.6 Å². The molecule has 0 saturated heterocycles. The van der Waals surface area contributed by atoms with Gasteiger partial charge >= 0.3 is 0 Å². The molecule has 1 nitrogen and oxygen atoms in total. The minimum absolute atomic E-state index is 0.834. The van der Waals surface area contributed by atoms with Gasteiger partial charge < -0.3 is 5.73 Å². The van der Waals surface area contributed by atoms with E-state index in [1.165, 1.54) is 16.7 Å². The molecule has 0 atom stereocenters. The lowest BCUT2D eigenvalue weighted by Crippen LogP contribution is -1.92. The molecule has 0 fully saturated rings. The van der Waals surface area contributed by atoms with Gasteiger partial charge in [-0.2, -0.15) is 0 Å². The Labute approximate surface area is 103 Å². The summed E-state index contributed by atoms with van der Waals surface area (Å²) in [5.41, 5.74) is 11.6. The van der Waals surface area contributed by atoms with Gasteiger partial charge in [0, 0.05) is 11.3 Å². The van der Waals surface area contributed by atoms with E-state index in [2.05, 4.69) is 38.1 Å². The third-order valence-corrected chi connectivity index (χ3v) is 2.82. The number of hydrogen-bond acceptors (Lipinski definition) is 1. The molecule has 0 unspecified atom stereocenters. The lowest BCUT2D eigenvalue weighted by molar-refractivity contribution is 1.44. The molecule has 1 heteroatoms. The van der Waals surface area contributed by atoms with Crippen LogP contribution in [0.25, 0.3) is 11.6 Å². The van der Waals surface area contributed by atoms with Gasteiger partial charge in [-0.15, -0.1) is 0 Å². The monoisotopic (exact) mass is 223 g/mol. The van der Waals surface area contributed by atoms with Crippen LogP contribution in [0.4, 0.5) is 5.69 Å². The van der Waals surface area contributed by atoms with Crippen LogP contribution in [0.15, 0.2) is 48.5 Å². The van der Waals surface area contributed by atoms with Crippen LogP contribution in [-0.4, -0.2) is 0 Å². The average molecular weight is 223 g/mol. The standard InChI is InChI=1S/C16H17N/c1-12-8-9-16(17)15(10-12)13(2)11-14-6-4-3-5-7-14/h3-11H,17H2,1-2H3. The molecule has 0 radical (unpaired) electrons. The Bertz CT molecular complexity index is 539. The number of nitrogen functional groups attached to an aromatic ring is 1. The van der Waals surface area contributed by atoms with Crippen molar-refractivity contribution in [2.24, 2.45) is 0 Å². The van der Waals surface area contributed by atoms with E-state index in [-0.39, 0.29) is 0 Å². The van der Waals surface area contributed by atoms with Crippen molar-refractivity contribution in [2.75, 3.05) is 5.73 Å². The first-order valence-electron chi connectivity index (χ1n) is 5.76. The zero-order valence-electron chi connectivity index (χ0n) is 10.3. The van der Waals surface area contributed by atoms with Gasteiger partial charge in [0.1, 0.15) is 0 Å². The Balaban J connectivity index is 2.40. The molecule has 0 aliphatic carbocycles. The summed E-state index contributed by atoms with van der Waals surface area (Å²) in [7, 11) is 0. The van der Waals surface area contributed by atoms with Crippen molar-refractivity contribution in [1.82, 2.24) is 0 Å². The second-order valence-corrected chi connectivity index (χ2v) is 4.33. The smallest absolute Gasteiger partial charge is 0.0390 e. The second kappa shape index (κ2) is 4.88. The molecule has 17 heavy (non-hydrogen) atoms. The Morgan fingerprint density at radius 1 is 1.06 bits per heavy atom. The Morgan fingerprint density at radius 2 is 1.76 bits per heavy atom. The number of allylic oxidation sites excluding steroid dienone is 1. The summed E-state index contributed by atoms with van der Waals surface area (Å²) in [6.45, 7) is 4.18. The van der Waals surface area contributed by atoms with Gasteiger partial charge in [-0.25, -0.2) is 0 Å². The van der Waals surface area contributed by atoms with Gasteiger partial charge in [-0.3, -0.25) is 0 Å². The van der Waals surface area contributed by atoms with E-state index >= 15 is 0 Å². The fraction of sp³-hybridized carbons (Fsp3) is 0.125. The highest BCUT2D eigenvalue weighted by atomic mass is 14.6. The zero-order chi connectivity index (χ0) is 12.3. The lowest BCUT2D eigenvalue weighted by atomic mass is 10.0. The topological polar surface area (TPSA) is 26.0 Å². The quantitative estimate of drug-likeness (QED) is 0.601. The van der Waals surface area contributed by atoms with Gasteiger partial charge in [0.05, 0.1) is 0 Å². The molecule has 2 N–H and O–H groups in total. The van der Waals surface area contributed by atoms with E-state index in [1.54, 1.807) is 0 Å². The van der Waals surface area contributed by atoms with E-state index in [9.17, 15) is 0 Å². The van der Waals surface area contributed by atoms with Gasteiger partial charge in [0.2, 0.25) is 0 Å². The van der Waals surface area contributed by atoms with E-state index in [0.717, 1.165) is 11.3 Å². The van der Waals surface area contributed by atoms with Crippen LogP contribution in [0.5, 0.6) is 0 Å². The minimum Gasteiger partial charge on any atom is -0.398 e. The van der Waals surface area contributed by atoms with Gasteiger partial charge in [0.15, 0.2) is 0 Å². The number of hydrogen-bond donors (Lipinski definition) is 1. The Morgan fingerprint density at radius 3 is 2.47 bits per heavy atom. The Kier molecular flexibility index (Phi) is 3.29. The highest BCUT2D eigenvalue weighted by molar-refractivity contribution is 5.85. The predicted octanol–water partition coefficient (Wildman–Crippen LogP) is 4.14. The summed E-state index contributed by atoms with van der Waals surface area (Å²) in [6, 6.07) is 16.4. The molecule has 0 amide bonds. The summed E-state index contributed by atoms with van der Waals surface area (Å²) < 4.78 is 0. The molecule has 0 aromatic heterocycles. The average Bonchev–Trinajstić information content (AvgIpc) is 2.33. The van der Waals surface area contributed by atoms with E-state index < -0.39 is 0 Å². The third kappa shape index (κ3) is 2.76. The molecule has 2 aromatic carbocycles. The molecule has 0 bridgehead atoms. The molecule has 0 aliphatic rings. The Hall–Kier alpha value is -2.02. The highest BCUT2D eigenvalue weighted by Gasteiger charge is 2.01. The third-order valence-electron chi connectivity index (χ3n) is 2.82. The van der Waals surface area contributed by atoms with Crippen LogP contribution in [0.3, 0.4) is 0 Å². The zero-order valence-corrected chi connectivity index (χ0v) is 10.3. The first-order chi connectivity index (χ1) is 8.16. The van der Waals surface area contributed by atoms with Crippen molar-refractivity contribution in [2.45, 2.75) is 13.8 Å². The maximum atomic E-state index is 6.00. The molecule has 0 spiro atoms. The van der Waals surface area contributed by atoms with Crippen molar-refractivity contribution >= 4 is 17.3 Å².